The van der Waals surface area contributed by atoms with Crippen LogP contribution in [0.25, 0.3) is 121 Å². The fourth-order valence-corrected chi connectivity index (χ4v) is 9.64. The molecule has 0 fully saturated rings. The molecule has 4 aromatic heterocycles. The summed E-state index contributed by atoms with van der Waals surface area (Å²) >= 11 is 0. The molecule has 0 saturated carbocycles. The molecule has 13 rings (SSSR count). The number of benzene rings is 9. The van der Waals surface area contributed by atoms with Gasteiger partial charge >= 0.3 is 0 Å². The van der Waals surface area contributed by atoms with Crippen molar-refractivity contribution in [3.05, 3.63) is 194 Å². The van der Waals surface area contributed by atoms with Crippen LogP contribution in [0.15, 0.2) is 203 Å². The van der Waals surface area contributed by atoms with Crippen LogP contribution in [0.5, 0.6) is 0 Å². The first-order valence-electron chi connectivity index (χ1n) is 19.8. The molecular weight excluding hydrogens is 709 g/mol. The summed E-state index contributed by atoms with van der Waals surface area (Å²) < 4.78 is 17.7. The van der Waals surface area contributed by atoms with E-state index in [1.165, 1.54) is 43.8 Å². The monoisotopic (exact) mass is 740 g/mol. The Morgan fingerprint density at radius 1 is 0.310 bits per heavy atom. The molecule has 0 bridgehead atoms. The Kier molecular flexibility index (Phi) is 6.41. The molecule has 0 spiro atoms. The van der Waals surface area contributed by atoms with Gasteiger partial charge in [-0.3, -0.25) is 0 Å². The molecule has 0 saturated heterocycles. The highest BCUT2D eigenvalue weighted by atomic mass is 16.3. The topological polar surface area (TPSA) is 36.1 Å². The number of rotatable bonds is 4. The molecule has 0 atom stereocenters. The highest BCUT2D eigenvalue weighted by Crippen LogP contribution is 2.46. The molecule has 4 nitrogen and oxygen atoms in total. The normalized spacial score (nSPS) is 12.1. The predicted molar refractivity (Wildman–Crippen MR) is 241 cm³/mol. The second kappa shape index (κ2) is 11.8. The van der Waals surface area contributed by atoms with Gasteiger partial charge in [-0.15, -0.1) is 0 Å². The maximum atomic E-state index is 6.65. The largest absolute Gasteiger partial charge is 0.456 e. The number of nitrogens with zero attached hydrogens (tertiary/aromatic N) is 2. The van der Waals surface area contributed by atoms with Crippen LogP contribution in [0.3, 0.4) is 0 Å². The lowest BCUT2D eigenvalue weighted by molar-refractivity contribution is 0.666. The first kappa shape index (κ1) is 31.4. The Bertz CT molecular complexity index is 3800. The average molecular weight is 741 g/mol. The molecule has 0 aliphatic carbocycles. The van der Waals surface area contributed by atoms with E-state index in [9.17, 15) is 0 Å². The fourth-order valence-electron chi connectivity index (χ4n) is 9.64. The van der Waals surface area contributed by atoms with Crippen molar-refractivity contribution in [1.82, 2.24) is 9.13 Å². The molecule has 9 aromatic carbocycles. The fraction of sp³-hybridized carbons (Fsp3) is 0. The van der Waals surface area contributed by atoms with Crippen molar-refractivity contribution in [3.63, 3.8) is 0 Å². The van der Waals surface area contributed by atoms with Gasteiger partial charge in [-0.2, -0.15) is 0 Å². The van der Waals surface area contributed by atoms with Crippen LogP contribution in [-0.4, -0.2) is 9.13 Å². The van der Waals surface area contributed by atoms with Gasteiger partial charge in [0.1, 0.15) is 16.7 Å². The summed E-state index contributed by atoms with van der Waals surface area (Å²) in [6.45, 7) is 0. The van der Waals surface area contributed by atoms with Crippen molar-refractivity contribution >= 4 is 87.5 Å². The summed E-state index contributed by atoms with van der Waals surface area (Å²) in [5.74, 6) is 0. The lowest BCUT2D eigenvalue weighted by Gasteiger charge is -2.15. The maximum Gasteiger partial charge on any atom is 0.159 e. The minimum absolute atomic E-state index is 0.884. The average Bonchev–Trinajstić information content (AvgIpc) is 4.03. The molecule has 4 heteroatoms. The van der Waals surface area contributed by atoms with Gasteiger partial charge in [0.15, 0.2) is 5.58 Å². The number of hydrogen-bond donors (Lipinski definition) is 0. The third kappa shape index (κ3) is 4.34. The maximum absolute atomic E-state index is 6.65. The van der Waals surface area contributed by atoms with Crippen molar-refractivity contribution in [2.75, 3.05) is 0 Å². The quantitative estimate of drug-likeness (QED) is 0.180. The molecule has 270 valence electrons. The van der Waals surface area contributed by atoms with Crippen molar-refractivity contribution < 1.29 is 8.83 Å². The summed E-state index contributed by atoms with van der Waals surface area (Å²) in [6.07, 6.45) is 0. The number of aromatic nitrogens is 2. The Labute approximate surface area is 332 Å². The first-order valence-corrected chi connectivity index (χ1v) is 19.8. The molecule has 0 amide bonds. The van der Waals surface area contributed by atoms with Gasteiger partial charge in [0.05, 0.1) is 27.8 Å². The predicted octanol–water partition coefficient (Wildman–Crippen LogP) is 15.0. The van der Waals surface area contributed by atoms with Crippen LogP contribution in [-0.2, 0) is 0 Å². The Morgan fingerprint density at radius 3 is 1.76 bits per heavy atom. The van der Waals surface area contributed by atoms with E-state index in [0.29, 0.717) is 0 Å². The van der Waals surface area contributed by atoms with Crippen LogP contribution < -0.4 is 0 Å². The van der Waals surface area contributed by atoms with E-state index in [-0.39, 0.29) is 0 Å². The molecule has 0 radical (unpaired) electrons. The smallest absolute Gasteiger partial charge is 0.159 e. The SMILES string of the molecule is c1ccc(-c2cc3c4ccccc4n(-c4ccc5oc6ccccc6c5c4)c3cc2-c2cccc3c2c2ccccc2n3-c2cccc3c2oc2ccccc23)cc1. The second-order valence-electron chi connectivity index (χ2n) is 15.2. The number of furan rings is 2. The summed E-state index contributed by atoms with van der Waals surface area (Å²) in [5, 5.41) is 9.29. The lowest BCUT2D eigenvalue weighted by atomic mass is 9.90. The molecule has 0 aliphatic heterocycles. The highest BCUT2D eigenvalue weighted by Gasteiger charge is 2.23. The van der Waals surface area contributed by atoms with E-state index in [0.717, 1.165) is 77.3 Å². The Balaban J connectivity index is 1.14. The highest BCUT2D eigenvalue weighted by molar-refractivity contribution is 6.20. The van der Waals surface area contributed by atoms with Crippen molar-refractivity contribution in [1.29, 1.82) is 0 Å². The van der Waals surface area contributed by atoms with Gasteiger partial charge in [-0.1, -0.05) is 127 Å². The van der Waals surface area contributed by atoms with E-state index in [2.05, 4.69) is 185 Å². The van der Waals surface area contributed by atoms with Gasteiger partial charge in [0, 0.05) is 48.8 Å². The standard InChI is InChI=1S/C54H32N2O2/c1-2-14-33(15-3-1)41-31-43-35-16-4-8-22-45(35)55(34-28-29-52-44(30-34)37-18-7-10-26-50(37)57-52)49(43)32-42(41)38-20-12-24-47-53(38)40-19-5-9-23-46(40)56(47)48-25-13-21-39-36-17-6-11-27-51(36)58-54(39)48/h1-32H. The van der Waals surface area contributed by atoms with Crippen LogP contribution in [0, 0.1) is 0 Å². The van der Waals surface area contributed by atoms with Crippen LogP contribution >= 0.6 is 0 Å². The zero-order chi connectivity index (χ0) is 37.9. The number of fused-ring (bicyclic) bond motifs is 12. The van der Waals surface area contributed by atoms with Crippen LogP contribution in [0.1, 0.15) is 0 Å². The number of para-hydroxylation sites is 5. The van der Waals surface area contributed by atoms with Gasteiger partial charge in [-0.25, -0.2) is 0 Å². The van der Waals surface area contributed by atoms with E-state index >= 15 is 0 Å². The third-order valence-electron chi connectivity index (χ3n) is 12.1. The zero-order valence-corrected chi connectivity index (χ0v) is 31.2. The van der Waals surface area contributed by atoms with Crippen LogP contribution in [0.4, 0.5) is 0 Å². The molecule has 0 aliphatic rings. The Morgan fingerprint density at radius 2 is 0.931 bits per heavy atom. The zero-order valence-electron chi connectivity index (χ0n) is 31.2. The minimum atomic E-state index is 0.884. The summed E-state index contributed by atoms with van der Waals surface area (Å²) in [6, 6.07) is 69.7. The van der Waals surface area contributed by atoms with Crippen molar-refractivity contribution in [3.8, 4) is 33.6 Å². The molecular formula is C54H32N2O2. The molecule has 58 heavy (non-hydrogen) atoms. The number of hydrogen-bond acceptors (Lipinski definition) is 2. The van der Waals surface area contributed by atoms with Gasteiger partial charge in [-0.05, 0) is 89.0 Å². The second-order valence-corrected chi connectivity index (χ2v) is 15.2. The first-order chi connectivity index (χ1) is 28.8. The molecule has 0 N–H and O–H groups in total. The summed E-state index contributed by atoms with van der Waals surface area (Å²) in [7, 11) is 0. The van der Waals surface area contributed by atoms with E-state index in [4.69, 9.17) is 8.83 Å². The van der Waals surface area contributed by atoms with Gasteiger partial charge in [0.25, 0.3) is 0 Å². The third-order valence-corrected chi connectivity index (χ3v) is 12.1. The molecule has 4 heterocycles. The lowest BCUT2D eigenvalue weighted by Crippen LogP contribution is -1.95. The summed E-state index contributed by atoms with van der Waals surface area (Å²) in [4.78, 5) is 0. The van der Waals surface area contributed by atoms with E-state index in [1.807, 2.05) is 18.2 Å². The molecule has 0 unspecified atom stereocenters. The molecule has 13 aromatic rings. The van der Waals surface area contributed by atoms with Crippen molar-refractivity contribution in [2.24, 2.45) is 0 Å². The Hall–Kier alpha value is -7.82. The van der Waals surface area contributed by atoms with Gasteiger partial charge in [0.2, 0.25) is 0 Å². The van der Waals surface area contributed by atoms with Crippen LogP contribution in [0.2, 0.25) is 0 Å². The van der Waals surface area contributed by atoms with Gasteiger partial charge < -0.3 is 18.0 Å². The van der Waals surface area contributed by atoms with E-state index in [1.54, 1.807) is 0 Å². The van der Waals surface area contributed by atoms with E-state index < -0.39 is 0 Å². The minimum Gasteiger partial charge on any atom is -0.456 e. The summed E-state index contributed by atoms with van der Waals surface area (Å²) in [5.41, 5.74) is 15.0. The van der Waals surface area contributed by atoms with Crippen molar-refractivity contribution in [2.45, 2.75) is 0 Å².